The van der Waals surface area contributed by atoms with E-state index in [1.54, 1.807) is 0 Å². The van der Waals surface area contributed by atoms with Crippen molar-refractivity contribution < 1.29 is 0 Å². The molecule has 0 aliphatic carbocycles. The number of hydrogen-bond acceptors (Lipinski definition) is 2. The number of aliphatic imine (C=N–C) groups is 2. The third-order valence-electron chi connectivity index (χ3n) is 2.84. The molecule has 0 aromatic rings. The highest BCUT2D eigenvalue weighted by Crippen LogP contribution is 2.04. The van der Waals surface area contributed by atoms with Crippen LogP contribution in [-0.4, -0.2) is 25.0 Å². The summed E-state index contributed by atoms with van der Waals surface area (Å²) in [6, 6.07) is 0. The van der Waals surface area contributed by atoms with Crippen molar-refractivity contribution in [2.24, 2.45) is 21.5 Å². The van der Waals surface area contributed by atoms with E-state index in [0.717, 1.165) is 32.4 Å². The Balaban J connectivity index is 3.61. The standard InChI is InChI=1S/C14H31N5/c1-3-5-7-8-9-10-12-18-14(16)19-13(15)17-11-6-4-2/h3-12H2,1-2H3,(H5,15,16,17,18,19). The van der Waals surface area contributed by atoms with Crippen LogP contribution in [0.3, 0.4) is 0 Å². The minimum Gasteiger partial charge on any atom is -0.370 e. The minimum absolute atomic E-state index is 0.359. The summed E-state index contributed by atoms with van der Waals surface area (Å²) < 4.78 is 0. The average Bonchev–Trinajstić information content (AvgIpc) is 2.38. The fourth-order valence-electron chi connectivity index (χ4n) is 1.66. The second-order valence-electron chi connectivity index (χ2n) is 4.78. The molecule has 0 heterocycles. The number of guanidine groups is 2. The molecule has 0 rings (SSSR count). The van der Waals surface area contributed by atoms with Crippen molar-refractivity contribution in [2.75, 3.05) is 13.1 Å². The van der Waals surface area contributed by atoms with Gasteiger partial charge in [0.1, 0.15) is 0 Å². The van der Waals surface area contributed by atoms with Crippen LogP contribution in [-0.2, 0) is 0 Å². The van der Waals surface area contributed by atoms with Crippen molar-refractivity contribution in [1.29, 1.82) is 0 Å². The molecule has 0 fully saturated rings. The number of hydrogen-bond donors (Lipinski definition) is 3. The van der Waals surface area contributed by atoms with Gasteiger partial charge in [-0.15, -0.1) is 0 Å². The summed E-state index contributed by atoms with van der Waals surface area (Å²) in [6.45, 7) is 5.84. The van der Waals surface area contributed by atoms with Gasteiger partial charge in [0.2, 0.25) is 0 Å². The Morgan fingerprint density at radius 3 is 1.79 bits per heavy atom. The largest absolute Gasteiger partial charge is 0.370 e. The molecular weight excluding hydrogens is 238 g/mol. The Bertz CT molecular complexity index is 261. The number of rotatable bonds is 10. The van der Waals surface area contributed by atoms with Crippen molar-refractivity contribution >= 4 is 11.9 Å². The summed E-state index contributed by atoms with van der Waals surface area (Å²) in [5.41, 5.74) is 11.4. The molecule has 0 saturated heterocycles. The SMILES string of the molecule is CCCCCCCCN=C(N)NC(N)=NCCCC. The van der Waals surface area contributed by atoms with E-state index in [4.69, 9.17) is 11.5 Å². The second-order valence-corrected chi connectivity index (χ2v) is 4.78. The van der Waals surface area contributed by atoms with Crippen LogP contribution in [0.1, 0.15) is 65.2 Å². The molecule has 0 saturated carbocycles. The molecule has 19 heavy (non-hydrogen) atoms. The van der Waals surface area contributed by atoms with E-state index in [0.29, 0.717) is 11.9 Å². The van der Waals surface area contributed by atoms with Crippen LogP contribution in [0.2, 0.25) is 0 Å². The number of nitrogens with zero attached hydrogens (tertiary/aromatic N) is 2. The Morgan fingerprint density at radius 1 is 0.737 bits per heavy atom. The number of nitrogens with one attached hydrogen (secondary N) is 1. The van der Waals surface area contributed by atoms with Crippen LogP contribution in [0, 0.1) is 0 Å². The molecule has 0 amide bonds. The van der Waals surface area contributed by atoms with Crippen LogP contribution in [0.5, 0.6) is 0 Å². The molecule has 5 nitrogen and oxygen atoms in total. The van der Waals surface area contributed by atoms with Crippen molar-refractivity contribution in [1.82, 2.24) is 5.32 Å². The summed E-state index contributed by atoms with van der Waals surface area (Å²) in [7, 11) is 0. The quantitative estimate of drug-likeness (QED) is 0.323. The zero-order chi connectivity index (χ0) is 14.3. The van der Waals surface area contributed by atoms with Gasteiger partial charge in [0, 0.05) is 13.1 Å². The van der Waals surface area contributed by atoms with Crippen molar-refractivity contribution in [3.63, 3.8) is 0 Å². The first-order valence-electron chi connectivity index (χ1n) is 7.57. The minimum atomic E-state index is 0.359. The fourth-order valence-corrected chi connectivity index (χ4v) is 1.66. The molecule has 0 atom stereocenters. The zero-order valence-corrected chi connectivity index (χ0v) is 12.6. The Hall–Kier alpha value is -1.26. The van der Waals surface area contributed by atoms with Gasteiger partial charge in [-0.1, -0.05) is 52.4 Å². The molecule has 0 spiro atoms. The van der Waals surface area contributed by atoms with Crippen LogP contribution >= 0.6 is 0 Å². The first kappa shape index (κ1) is 17.7. The highest BCUT2D eigenvalue weighted by atomic mass is 15.2. The van der Waals surface area contributed by atoms with Gasteiger partial charge in [-0.3, -0.25) is 15.3 Å². The Labute approximate surface area is 118 Å². The first-order valence-corrected chi connectivity index (χ1v) is 7.57. The number of nitrogens with two attached hydrogens (primary N) is 2. The van der Waals surface area contributed by atoms with Crippen molar-refractivity contribution in [2.45, 2.75) is 65.2 Å². The van der Waals surface area contributed by atoms with Gasteiger partial charge in [0.15, 0.2) is 11.9 Å². The normalized spacial score (nSPS) is 12.7. The molecule has 5 N–H and O–H groups in total. The first-order chi connectivity index (χ1) is 9.20. The maximum absolute atomic E-state index is 5.72. The molecule has 0 aliphatic rings. The van der Waals surface area contributed by atoms with Gasteiger partial charge in [-0.25, -0.2) is 0 Å². The maximum atomic E-state index is 5.72. The summed E-state index contributed by atoms with van der Waals surface area (Å²) in [5, 5.41) is 2.81. The Kier molecular flexibility index (Phi) is 12.3. The smallest absolute Gasteiger partial charge is 0.195 e. The molecule has 5 heteroatoms. The lowest BCUT2D eigenvalue weighted by atomic mass is 10.1. The van der Waals surface area contributed by atoms with E-state index < -0.39 is 0 Å². The summed E-state index contributed by atoms with van der Waals surface area (Å²) in [6.07, 6.45) is 9.68. The van der Waals surface area contributed by atoms with Gasteiger partial charge in [0.05, 0.1) is 0 Å². The van der Waals surface area contributed by atoms with Gasteiger partial charge in [-0.2, -0.15) is 0 Å². The van der Waals surface area contributed by atoms with E-state index >= 15 is 0 Å². The lowest BCUT2D eigenvalue weighted by molar-refractivity contribution is 0.612. The van der Waals surface area contributed by atoms with Crippen molar-refractivity contribution in [3.8, 4) is 0 Å². The van der Waals surface area contributed by atoms with Gasteiger partial charge < -0.3 is 11.5 Å². The topological polar surface area (TPSA) is 88.8 Å². The molecule has 112 valence electrons. The molecule has 0 aromatic carbocycles. The van der Waals surface area contributed by atoms with Crippen LogP contribution in [0.4, 0.5) is 0 Å². The van der Waals surface area contributed by atoms with Crippen LogP contribution < -0.4 is 16.8 Å². The molecule has 0 radical (unpaired) electrons. The maximum Gasteiger partial charge on any atom is 0.195 e. The van der Waals surface area contributed by atoms with E-state index in [2.05, 4.69) is 29.1 Å². The second kappa shape index (κ2) is 13.2. The van der Waals surface area contributed by atoms with E-state index in [1.165, 1.54) is 32.1 Å². The summed E-state index contributed by atoms with van der Waals surface area (Å²) in [4.78, 5) is 8.39. The number of unbranched alkanes of at least 4 members (excludes halogenated alkanes) is 6. The summed E-state index contributed by atoms with van der Waals surface area (Å²) in [5.74, 6) is 0.726. The third kappa shape index (κ3) is 13.0. The van der Waals surface area contributed by atoms with E-state index in [1.807, 2.05) is 0 Å². The third-order valence-corrected chi connectivity index (χ3v) is 2.84. The van der Waals surface area contributed by atoms with Crippen LogP contribution in [0.25, 0.3) is 0 Å². The Morgan fingerprint density at radius 2 is 1.21 bits per heavy atom. The van der Waals surface area contributed by atoms with Gasteiger partial charge >= 0.3 is 0 Å². The highest BCUT2D eigenvalue weighted by molar-refractivity contribution is 5.96. The fraction of sp³-hybridized carbons (Fsp3) is 0.857. The van der Waals surface area contributed by atoms with Crippen molar-refractivity contribution in [3.05, 3.63) is 0 Å². The highest BCUT2D eigenvalue weighted by Gasteiger charge is 1.95. The molecule has 0 aromatic heterocycles. The van der Waals surface area contributed by atoms with E-state index in [-0.39, 0.29) is 0 Å². The predicted molar refractivity (Wildman–Crippen MR) is 84.4 cm³/mol. The van der Waals surface area contributed by atoms with Crippen LogP contribution in [0.15, 0.2) is 9.98 Å². The lowest BCUT2D eigenvalue weighted by Gasteiger charge is -2.04. The molecule has 0 aliphatic heterocycles. The molecule has 0 unspecified atom stereocenters. The molecular formula is C14H31N5. The average molecular weight is 269 g/mol. The lowest BCUT2D eigenvalue weighted by Crippen LogP contribution is -2.41. The molecule has 0 bridgehead atoms. The zero-order valence-electron chi connectivity index (χ0n) is 12.6. The summed E-state index contributed by atoms with van der Waals surface area (Å²) >= 11 is 0. The van der Waals surface area contributed by atoms with Gasteiger partial charge in [0.25, 0.3) is 0 Å². The predicted octanol–water partition coefficient (Wildman–Crippen LogP) is 2.37. The van der Waals surface area contributed by atoms with E-state index in [9.17, 15) is 0 Å². The van der Waals surface area contributed by atoms with Gasteiger partial charge in [-0.05, 0) is 12.8 Å². The monoisotopic (exact) mass is 269 g/mol.